The summed E-state index contributed by atoms with van der Waals surface area (Å²) in [6.45, 7) is 12.3. The van der Waals surface area contributed by atoms with Crippen molar-refractivity contribution < 1.29 is 75.7 Å². The zero-order chi connectivity index (χ0) is 62.6. The monoisotopic (exact) mass is 1230 g/mol. The quantitative estimate of drug-likeness (QED) is 0.0488. The smallest absolute Gasteiger partial charge is 0.481 e. The van der Waals surface area contributed by atoms with Crippen molar-refractivity contribution in [2.45, 2.75) is 59.8 Å². The highest BCUT2D eigenvalue weighted by molar-refractivity contribution is 7.46. The first-order valence-electron chi connectivity index (χ1n) is 29.8. The number of rotatable bonds is 15. The zero-order valence-corrected chi connectivity index (χ0v) is 50.0. The molecule has 2 fully saturated rings. The Labute approximate surface area is 509 Å². The summed E-state index contributed by atoms with van der Waals surface area (Å²) in [5.41, 5.74) is 3.90. The summed E-state index contributed by atoms with van der Waals surface area (Å²) in [5, 5.41) is 10.2. The SMILES string of the molecule is CC1C(C2=CC3C4C=C(C5=CC(c6ccc(OP(=O)(O)O)cc6)C=C(c6cccc(=O)o6)C5C)OC(=O)C4C3C(=O)O2)=CC(CC(=O)O)C=C1C1=CC2C3C=C(C4=CC(c5cnc[nH]5)C=C(c5cccc(=O)o5)C4C(C)C(C)C(C)C)OC(=O)C3C2C(=O)O1. The number of esters is 4. The highest BCUT2D eigenvalue weighted by Crippen LogP contribution is 2.60. The third-order valence-electron chi connectivity index (χ3n) is 19.7. The van der Waals surface area contributed by atoms with Crippen molar-refractivity contribution in [3.8, 4) is 5.75 Å². The first-order chi connectivity index (χ1) is 42.5. The Kier molecular flexibility index (Phi) is 15.0. The van der Waals surface area contributed by atoms with Crippen molar-refractivity contribution in [1.29, 1.82) is 0 Å². The van der Waals surface area contributed by atoms with Crippen LogP contribution >= 0.6 is 7.82 Å². The Morgan fingerprint density at radius 1 is 0.573 bits per heavy atom. The number of carbonyl (C=O) groups excluding carboxylic acids is 4. The number of carboxylic acids is 1. The number of aromatic nitrogens is 2. The summed E-state index contributed by atoms with van der Waals surface area (Å²) >= 11 is 0. The maximum absolute atomic E-state index is 14.4. The number of imidazole rings is 1. The molecule has 13 rings (SSSR count). The molecule has 20 nitrogen and oxygen atoms in total. The van der Waals surface area contributed by atoms with Crippen molar-refractivity contribution in [2.24, 2.45) is 88.8 Å². The van der Waals surface area contributed by atoms with Gasteiger partial charge in [0.25, 0.3) is 0 Å². The maximum atomic E-state index is 14.4. The van der Waals surface area contributed by atoms with Crippen molar-refractivity contribution in [2.75, 3.05) is 0 Å². The van der Waals surface area contributed by atoms with Crippen LogP contribution in [0.5, 0.6) is 5.75 Å². The van der Waals surface area contributed by atoms with Gasteiger partial charge < -0.3 is 42.4 Å². The number of ether oxygens (including phenoxy) is 4. The number of carboxylic acid groups (broad SMARTS) is 1. The Morgan fingerprint density at radius 2 is 1.01 bits per heavy atom. The van der Waals surface area contributed by atoms with Crippen LogP contribution in [-0.4, -0.2) is 54.7 Å². The molecule has 0 radical (unpaired) electrons. The van der Waals surface area contributed by atoms with E-state index in [1.165, 1.54) is 24.3 Å². The second-order valence-corrected chi connectivity index (χ2v) is 26.1. The van der Waals surface area contributed by atoms with Crippen LogP contribution in [0, 0.1) is 88.8 Å². The van der Waals surface area contributed by atoms with E-state index >= 15 is 0 Å². The third kappa shape index (κ3) is 10.7. The zero-order valence-electron chi connectivity index (χ0n) is 49.1. The molecule has 0 spiro atoms. The van der Waals surface area contributed by atoms with E-state index in [1.807, 2.05) is 56.4 Å². The molecule has 0 saturated heterocycles. The van der Waals surface area contributed by atoms with Crippen molar-refractivity contribution in [1.82, 2.24) is 9.97 Å². The van der Waals surface area contributed by atoms with E-state index in [4.69, 9.17) is 32.3 Å². The number of benzene rings is 1. The van der Waals surface area contributed by atoms with Gasteiger partial charge in [-0.2, -0.15) is 0 Å². The van der Waals surface area contributed by atoms with Crippen molar-refractivity contribution >= 4 is 48.8 Å². The fourth-order valence-electron chi connectivity index (χ4n) is 14.8. The molecule has 21 heteroatoms. The van der Waals surface area contributed by atoms with Gasteiger partial charge in [0.1, 0.15) is 40.3 Å². The molecule has 0 amide bonds. The molecule has 0 bridgehead atoms. The third-order valence-corrected chi connectivity index (χ3v) is 20.1. The highest BCUT2D eigenvalue weighted by Gasteiger charge is 2.63. The van der Waals surface area contributed by atoms with Gasteiger partial charge in [-0.3, -0.25) is 33.8 Å². The fourth-order valence-corrected chi connectivity index (χ4v) is 15.2. The van der Waals surface area contributed by atoms with Crippen LogP contribution in [0.1, 0.15) is 82.6 Å². The number of allylic oxidation sites excluding steroid dienone is 16. The average molecular weight is 1230 g/mol. The summed E-state index contributed by atoms with van der Waals surface area (Å²) in [6, 6.07) is 15.3. The second kappa shape index (κ2) is 22.6. The van der Waals surface area contributed by atoms with Gasteiger partial charge in [0.05, 0.1) is 36.4 Å². The Hall–Kier alpha value is -8.97. The van der Waals surface area contributed by atoms with Gasteiger partial charge in [-0.05, 0) is 105 Å². The Bertz CT molecular complexity index is 4180. The molecule has 4 aliphatic heterocycles. The molecule has 3 aromatic heterocycles. The number of fused-ring (bicyclic) bond motifs is 8. The number of carbonyl (C=O) groups is 5. The van der Waals surface area contributed by atoms with E-state index in [2.05, 4.69) is 37.7 Å². The highest BCUT2D eigenvalue weighted by atomic mass is 31.2. The van der Waals surface area contributed by atoms with E-state index in [0.717, 1.165) is 11.3 Å². The number of H-pyrrole nitrogens is 1. The van der Waals surface area contributed by atoms with Gasteiger partial charge in [-0.1, -0.05) is 102 Å². The van der Waals surface area contributed by atoms with Crippen molar-refractivity contribution in [3.63, 3.8) is 0 Å². The minimum atomic E-state index is -4.85. The molecule has 16 atom stereocenters. The molecule has 458 valence electrons. The lowest BCUT2D eigenvalue weighted by Crippen LogP contribution is -2.57. The minimum absolute atomic E-state index is 0.0638. The number of phosphoric ester groups is 1. The van der Waals surface area contributed by atoms with E-state index in [0.29, 0.717) is 44.9 Å². The number of hydrogen-bond acceptors (Lipinski definition) is 16. The van der Waals surface area contributed by atoms with Crippen LogP contribution in [-0.2, 0) is 47.5 Å². The number of hydrogen-bond donors (Lipinski definition) is 4. The van der Waals surface area contributed by atoms with Gasteiger partial charge in [-0.15, -0.1) is 0 Å². The number of aliphatic carboxylic acids is 1. The van der Waals surface area contributed by atoms with E-state index < -0.39 is 132 Å². The molecular weight excluding hydrogens is 1160 g/mol. The van der Waals surface area contributed by atoms with Gasteiger partial charge in [0.15, 0.2) is 0 Å². The van der Waals surface area contributed by atoms with Crippen LogP contribution in [0.3, 0.4) is 0 Å². The topological polar surface area (TPSA) is 298 Å². The van der Waals surface area contributed by atoms with Gasteiger partial charge in [0.2, 0.25) is 0 Å². The average Bonchev–Trinajstić information content (AvgIpc) is 1.31. The van der Waals surface area contributed by atoms with Crippen molar-refractivity contribution in [3.05, 3.63) is 223 Å². The van der Waals surface area contributed by atoms with Gasteiger partial charge in [0, 0.05) is 83.2 Å². The molecule has 7 heterocycles. The van der Waals surface area contributed by atoms with Crippen LogP contribution in [0.2, 0.25) is 0 Å². The maximum Gasteiger partial charge on any atom is 0.524 e. The van der Waals surface area contributed by atoms with Crippen LogP contribution in [0.15, 0.2) is 198 Å². The van der Waals surface area contributed by atoms with Crippen LogP contribution in [0.25, 0.3) is 11.1 Å². The Balaban J connectivity index is 0.819. The second-order valence-electron chi connectivity index (χ2n) is 24.9. The number of nitrogens with one attached hydrogen (secondary N) is 1. The van der Waals surface area contributed by atoms with E-state index in [1.54, 1.807) is 67.2 Å². The molecule has 9 aliphatic rings. The van der Waals surface area contributed by atoms with Gasteiger partial charge >= 0.3 is 48.9 Å². The van der Waals surface area contributed by atoms with Crippen LogP contribution in [0.4, 0.5) is 0 Å². The predicted molar refractivity (Wildman–Crippen MR) is 317 cm³/mol. The largest absolute Gasteiger partial charge is 0.524 e. The minimum Gasteiger partial charge on any atom is -0.481 e. The summed E-state index contributed by atoms with van der Waals surface area (Å²) in [7, 11) is -4.85. The lowest BCUT2D eigenvalue weighted by Gasteiger charge is -2.51. The first-order valence-corrected chi connectivity index (χ1v) is 31.3. The molecule has 2 saturated carbocycles. The molecular formula is C68H63N2O18P. The van der Waals surface area contributed by atoms with Gasteiger partial charge in [-0.25, -0.2) is 19.1 Å². The summed E-state index contributed by atoms with van der Waals surface area (Å²) in [4.78, 5) is 121. The number of phosphoric acid groups is 1. The first kappa shape index (κ1) is 59.0. The van der Waals surface area contributed by atoms with Crippen LogP contribution < -0.4 is 15.8 Å². The standard InChI is InChI=1S/C68H63N2O18P/c1-30(2)31(3)32(4)60-48(52-10-8-12-59(74)83-52)22-38(50-28-69-29-70-50)23-49(60)56-27-47-45-25-54(85-66(76)62(45)64(47)68(78)87-56)41-18-35(19-57(71)72)17-40(33(41)5)53-24-44-46-26-55(86-67(77)63(46)61(44)65(75)84-53)43-21-37(36-13-15-39(16-14-36)88-89(79,80)81)20-42(34(43)6)51-9-7-11-58(73)82-51/h7-18,20-35,37-38,44-47,60-64H,19H2,1-6H3,(H,69,70)(H,71,72)(H2,79,80,81). The summed E-state index contributed by atoms with van der Waals surface area (Å²) in [6.07, 6.45) is 21.6. The molecule has 16 unspecified atom stereocenters. The lowest BCUT2D eigenvalue weighted by atomic mass is 9.54. The number of aromatic amines is 1. The number of nitrogens with zero attached hydrogens (tertiary/aromatic N) is 1. The van der Waals surface area contributed by atoms with E-state index in [9.17, 15) is 53.0 Å². The Morgan fingerprint density at radius 3 is 1.46 bits per heavy atom. The summed E-state index contributed by atoms with van der Waals surface area (Å²) in [5.74, 6) is -10.8. The molecule has 4 N–H and O–H groups in total. The molecule has 5 aliphatic carbocycles. The predicted octanol–water partition coefficient (Wildman–Crippen LogP) is 10.2. The molecule has 89 heavy (non-hydrogen) atoms. The number of cyclic esters (lactones) is 4. The normalized spacial score (nSPS) is 31.0. The fraction of sp³-hybridized carbons (Fsp3) is 0.353. The molecule has 1 aromatic carbocycles. The molecule has 4 aromatic rings. The van der Waals surface area contributed by atoms with E-state index in [-0.39, 0.29) is 53.0 Å². The summed E-state index contributed by atoms with van der Waals surface area (Å²) < 4.78 is 52.6. The lowest BCUT2D eigenvalue weighted by molar-refractivity contribution is -0.176.